The molecular formula is C33H44N2O5. The highest BCUT2D eigenvalue weighted by Crippen LogP contribution is 2.32. The summed E-state index contributed by atoms with van der Waals surface area (Å²) < 4.78 is 17.0. The Labute approximate surface area is 239 Å². The fraction of sp³-hybridized carbons (Fsp3) is 0.545. The standard InChI is InChI=1S/C33H44N2O5/c1-7-38-30(36)15-13-23-12-14-27(20-34)29(18-23)39-22-28(40-31(37)32(2,3)4)21-35-33(5,6)19-24-16-25-10-8-9-11-26(25)17-24/h8-12,14,18,24,28,35H,7,13,15-17,19,21-22H2,1-6H3/t28-/m1/s1. The van der Waals surface area contributed by atoms with Crippen molar-refractivity contribution in [3.05, 3.63) is 64.7 Å². The number of carbonyl (C=O) groups is 2. The molecule has 3 rings (SSSR count). The van der Waals surface area contributed by atoms with Crippen LogP contribution in [0.5, 0.6) is 5.75 Å². The normalized spacial score (nSPS) is 14.2. The maximum atomic E-state index is 12.8. The molecular weight excluding hydrogens is 504 g/mol. The van der Waals surface area contributed by atoms with Crippen LogP contribution in [0.3, 0.4) is 0 Å². The fourth-order valence-corrected chi connectivity index (χ4v) is 5.04. The number of hydrogen-bond acceptors (Lipinski definition) is 7. The SMILES string of the molecule is CCOC(=O)CCc1ccc(C#N)c(OC[C@@H](CNC(C)(C)CC2Cc3ccccc3C2)OC(=O)C(C)(C)C)c1. The number of aryl methyl sites for hydroxylation is 1. The Balaban J connectivity index is 1.65. The van der Waals surface area contributed by atoms with E-state index in [4.69, 9.17) is 14.2 Å². The smallest absolute Gasteiger partial charge is 0.311 e. The van der Waals surface area contributed by atoms with E-state index in [2.05, 4.69) is 49.5 Å². The van der Waals surface area contributed by atoms with Crippen LogP contribution in [-0.2, 0) is 38.3 Å². The molecule has 0 bridgehead atoms. The number of nitriles is 1. The molecule has 0 heterocycles. The lowest BCUT2D eigenvalue weighted by molar-refractivity contribution is -0.160. The summed E-state index contributed by atoms with van der Waals surface area (Å²) in [5, 5.41) is 13.2. The molecule has 0 amide bonds. The molecule has 216 valence electrons. The van der Waals surface area contributed by atoms with Crippen molar-refractivity contribution in [1.29, 1.82) is 5.26 Å². The van der Waals surface area contributed by atoms with Crippen molar-refractivity contribution in [2.45, 2.75) is 85.3 Å². The van der Waals surface area contributed by atoms with Crippen molar-refractivity contribution < 1.29 is 23.8 Å². The van der Waals surface area contributed by atoms with Crippen LogP contribution >= 0.6 is 0 Å². The highest BCUT2D eigenvalue weighted by molar-refractivity contribution is 5.75. The largest absolute Gasteiger partial charge is 0.488 e. The Bertz CT molecular complexity index is 1180. The van der Waals surface area contributed by atoms with Gasteiger partial charge in [-0.2, -0.15) is 5.26 Å². The fourth-order valence-electron chi connectivity index (χ4n) is 5.04. The number of carbonyl (C=O) groups excluding carboxylic acids is 2. The number of hydrogen-bond donors (Lipinski definition) is 1. The van der Waals surface area contributed by atoms with E-state index in [0.29, 0.717) is 36.8 Å². The third-order valence-corrected chi connectivity index (χ3v) is 7.14. The van der Waals surface area contributed by atoms with Gasteiger partial charge in [-0.15, -0.1) is 0 Å². The number of nitrogens with one attached hydrogen (secondary N) is 1. The molecule has 0 aromatic heterocycles. The summed E-state index contributed by atoms with van der Waals surface area (Å²) in [6.07, 6.45) is 3.32. The van der Waals surface area contributed by atoms with Crippen LogP contribution in [0.4, 0.5) is 0 Å². The summed E-state index contributed by atoms with van der Waals surface area (Å²) in [7, 11) is 0. The van der Waals surface area contributed by atoms with Crippen LogP contribution in [0.1, 0.15) is 76.6 Å². The Morgan fingerprint density at radius 1 is 1.07 bits per heavy atom. The molecule has 7 heteroatoms. The maximum absolute atomic E-state index is 12.8. The number of ether oxygens (including phenoxy) is 3. The number of esters is 2. The Morgan fingerprint density at radius 3 is 2.35 bits per heavy atom. The van der Waals surface area contributed by atoms with Gasteiger partial charge in [0, 0.05) is 18.5 Å². The minimum atomic E-state index is -0.659. The summed E-state index contributed by atoms with van der Waals surface area (Å²) in [4.78, 5) is 24.6. The van der Waals surface area contributed by atoms with E-state index >= 15 is 0 Å². The zero-order chi connectivity index (χ0) is 29.3. The van der Waals surface area contributed by atoms with E-state index in [1.54, 1.807) is 19.1 Å². The van der Waals surface area contributed by atoms with E-state index < -0.39 is 11.5 Å². The molecule has 2 aromatic rings. The molecule has 0 saturated carbocycles. The third kappa shape index (κ3) is 9.38. The minimum Gasteiger partial charge on any atom is -0.488 e. The molecule has 0 fully saturated rings. The number of rotatable bonds is 13. The van der Waals surface area contributed by atoms with Gasteiger partial charge in [0.05, 0.1) is 17.6 Å². The Kier molecular flexibility index (Phi) is 10.8. The predicted octanol–water partition coefficient (Wildman–Crippen LogP) is 5.56. The molecule has 2 aromatic carbocycles. The van der Waals surface area contributed by atoms with Gasteiger partial charge < -0.3 is 19.5 Å². The molecule has 0 spiro atoms. The van der Waals surface area contributed by atoms with Crippen LogP contribution in [-0.4, -0.2) is 43.3 Å². The summed E-state index contributed by atoms with van der Waals surface area (Å²) in [5.74, 6) is 0.389. The van der Waals surface area contributed by atoms with E-state index in [9.17, 15) is 14.9 Å². The second kappa shape index (κ2) is 13.8. The van der Waals surface area contributed by atoms with Gasteiger partial charge in [0.25, 0.3) is 0 Å². The van der Waals surface area contributed by atoms with Crippen molar-refractivity contribution in [2.24, 2.45) is 11.3 Å². The van der Waals surface area contributed by atoms with Crippen LogP contribution in [0, 0.1) is 22.7 Å². The number of benzene rings is 2. The Morgan fingerprint density at radius 2 is 1.75 bits per heavy atom. The first-order valence-corrected chi connectivity index (χ1v) is 14.2. The topological polar surface area (TPSA) is 97.7 Å². The number of fused-ring (bicyclic) bond motifs is 1. The Hall–Kier alpha value is -3.37. The molecule has 1 aliphatic rings. The molecule has 0 unspecified atom stereocenters. The average Bonchev–Trinajstić information content (AvgIpc) is 3.30. The molecule has 1 atom stereocenters. The highest BCUT2D eigenvalue weighted by atomic mass is 16.6. The summed E-state index contributed by atoms with van der Waals surface area (Å²) in [6.45, 7) is 12.5. The van der Waals surface area contributed by atoms with Crippen molar-refractivity contribution >= 4 is 11.9 Å². The van der Waals surface area contributed by atoms with Gasteiger partial charge in [0.2, 0.25) is 0 Å². The molecule has 0 radical (unpaired) electrons. The van der Waals surface area contributed by atoms with E-state index in [1.807, 2.05) is 26.8 Å². The average molecular weight is 549 g/mol. The van der Waals surface area contributed by atoms with Gasteiger partial charge in [0.15, 0.2) is 0 Å². The van der Waals surface area contributed by atoms with Gasteiger partial charge in [-0.3, -0.25) is 9.59 Å². The molecule has 1 aliphatic carbocycles. The van der Waals surface area contributed by atoms with Gasteiger partial charge in [-0.05, 0) is 102 Å². The zero-order valence-corrected chi connectivity index (χ0v) is 24.8. The quantitative estimate of drug-likeness (QED) is 0.327. The molecule has 7 nitrogen and oxygen atoms in total. The predicted molar refractivity (Wildman–Crippen MR) is 155 cm³/mol. The summed E-state index contributed by atoms with van der Waals surface area (Å²) in [6, 6.07) is 16.1. The lowest BCUT2D eigenvalue weighted by Gasteiger charge is -2.32. The molecule has 0 aliphatic heterocycles. The van der Waals surface area contributed by atoms with Crippen LogP contribution in [0.2, 0.25) is 0 Å². The lowest BCUT2D eigenvalue weighted by Crippen LogP contribution is -2.47. The second-order valence-electron chi connectivity index (χ2n) is 12.3. The van der Waals surface area contributed by atoms with E-state index in [-0.39, 0.29) is 30.5 Å². The van der Waals surface area contributed by atoms with Gasteiger partial charge in [0.1, 0.15) is 24.5 Å². The van der Waals surface area contributed by atoms with E-state index in [0.717, 1.165) is 24.8 Å². The summed E-state index contributed by atoms with van der Waals surface area (Å²) >= 11 is 0. The van der Waals surface area contributed by atoms with Crippen LogP contribution in [0.15, 0.2) is 42.5 Å². The maximum Gasteiger partial charge on any atom is 0.311 e. The third-order valence-electron chi connectivity index (χ3n) is 7.14. The van der Waals surface area contributed by atoms with E-state index in [1.165, 1.54) is 11.1 Å². The van der Waals surface area contributed by atoms with Crippen LogP contribution in [0.25, 0.3) is 0 Å². The van der Waals surface area contributed by atoms with Crippen molar-refractivity contribution in [3.63, 3.8) is 0 Å². The molecule has 40 heavy (non-hydrogen) atoms. The first-order chi connectivity index (χ1) is 18.9. The van der Waals surface area contributed by atoms with Gasteiger partial charge in [-0.25, -0.2) is 0 Å². The zero-order valence-electron chi connectivity index (χ0n) is 24.8. The minimum absolute atomic E-state index is 0.0930. The van der Waals surface area contributed by atoms with Crippen molar-refractivity contribution in [3.8, 4) is 11.8 Å². The molecule has 0 saturated heterocycles. The second-order valence-corrected chi connectivity index (χ2v) is 12.3. The van der Waals surface area contributed by atoms with Gasteiger partial charge in [-0.1, -0.05) is 30.3 Å². The number of nitrogens with zero attached hydrogens (tertiary/aromatic N) is 1. The van der Waals surface area contributed by atoms with Crippen molar-refractivity contribution in [2.75, 3.05) is 19.8 Å². The lowest BCUT2D eigenvalue weighted by atomic mass is 9.88. The monoisotopic (exact) mass is 548 g/mol. The highest BCUT2D eigenvalue weighted by Gasteiger charge is 2.31. The van der Waals surface area contributed by atoms with Crippen LogP contribution < -0.4 is 10.1 Å². The van der Waals surface area contributed by atoms with Crippen molar-refractivity contribution in [1.82, 2.24) is 5.32 Å². The summed E-state index contributed by atoms with van der Waals surface area (Å²) in [5.41, 5.74) is 3.29. The first-order valence-electron chi connectivity index (χ1n) is 14.2. The first kappa shape index (κ1) is 31.2. The van der Waals surface area contributed by atoms with Gasteiger partial charge >= 0.3 is 11.9 Å². The molecule has 1 N–H and O–H groups in total.